The van der Waals surface area contributed by atoms with Crippen LogP contribution in [0.25, 0.3) is 0 Å². The standard InChI is InChI=1S/C22H24N4O5S/c1-3-31-21(28)18-13-23-22(24-16-10-7-11-17(12-16)32(2,29)30)26-20(18)25-19(14-27)15-8-5-4-6-9-15/h4-13,19,27H,3,14H2,1-2H3,(H2,23,24,25,26)/t19-/m1/s1. The predicted molar refractivity (Wildman–Crippen MR) is 121 cm³/mol. The molecule has 1 atom stereocenters. The molecule has 0 fully saturated rings. The van der Waals surface area contributed by atoms with Gasteiger partial charge < -0.3 is 20.5 Å². The summed E-state index contributed by atoms with van der Waals surface area (Å²) in [7, 11) is -3.38. The van der Waals surface area contributed by atoms with Crippen LogP contribution in [-0.2, 0) is 14.6 Å². The highest BCUT2D eigenvalue weighted by atomic mass is 32.2. The summed E-state index contributed by atoms with van der Waals surface area (Å²) in [5.41, 5.74) is 1.37. The van der Waals surface area contributed by atoms with Gasteiger partial charge in [0.2, 0.25) is 5.95 Å². The van der Waals surface area contributed by atoms with Crippen molar-refractivity contribution >= 4 is 33.3 Å². The van der Waals surface area contributed by atoms with Crippen LogP contribution in [0.1, 0.15) is 28.9 Å². The lowest BCUT2D eigenvalue weighted by molar-refractivity contribution is 0.0526. The van der Waals surface area contributed by atoms with Crippen LogP contribution in [0.5, 0.6) is 0 Å². The van der Waals surface area contributed by atoms with Crippen LogP contribution >= 0.6 is 0 Å². The van der Waals surface area contributed by atoms with Gasteiger partial charge in [0.25, 0.3) is 0 Å². The number of sulfone groups is 1. The lowest BCUT2D eigenvalue weighted by Gasteiger charge is -2.19. The first-order valence-electron chi connectivity index (χ1n) is 9.85. The number of hydrogen-bond donors (Lipinski definition) is 3. The Hall–Kier alpha value is -3.50. The van der Waals surface area contributed by atoms with Gasteiger partial charge in [-0.25, -0.2) is 18.2 Å². The summed E-state index contributed by atoms with van der Waals surface area (Å²) in [4.78, 5) is 21.1. The molecule has 0 aliphatic heterocycles. The van der Waals surface area contributed by atoms with Crippen LogP contribution in [0.2, 0.25) is 0 Å². The molecule has 9 nitrogen and oxygen atoms in total. The van der Waals surface area contributed by atoms with Gasteiger partial charge in [0.1, 0.15) is 11.4 Å². The summed E-state index contributed by atoms with van der Waals surface area (Å²) in [6.45, 7) is 1.63. The summed E-state index contributed by atoms with van der Waals surface area (Å²) >= 11 is 0. The number of carbonyl (C=O) groups is 1. The van der Waals surface area contributed by atoms with Crippen molar-refractivity contribution in [2.75, 3.05) is 30.1 Å². The van der Waals surface area contributed by atoms with E-state index in [0.717, 1.165) is 11.8 Å². The van der Waals surface area contributed by atoms with Gasteiger partial charge in [0, 0.05) is 18.1 Å². The number of anilines is 3. The molecule has 168 valence electrons. The molecule has 0 aliphatic rings. The van der Waals surface area contributed by atoms with Gasteiger partial charge in [0.05, 0.1) is 24.2 Å². The highest BCUT2D eigenvalue weighted by molar-refractivity contribution is 7.90. The Morgan fingerprint density at radius 3 is 2.56 bits per heavy atom. The molecule has 0 radical (unpaired) electrons. The SMILES string of the molecule is CCOC(=O)c1cnc(Nc2cccc(S(C)(=O)=O)c2)nc1N[C@H](CO)c1ccccc1. The minimum Gasteiger partial charge on any atom is -0.462 e. The van der Waals surface area contributed by atoms with E-state index in [0.29, 0.717) is 5.69 Å². The molecule has 0 amide bonds. The van der Waals surface area contributed by atoms with E-state index in [1.165, 1.54) is 18.3 Å². The Morgan fingerprint density at radius 1 is 1.16 bits per heavy atom. The fourth-order valence-electron chi connectivity index (χ4n) is 2.93. The molecule has 3 aromatic rings. The number of nitrogens with one attached hydrogen (secondary N) is 2. The van der Waals surface area contributed by atoms with Crippen molar-refractivity contribution in [3.05, 3.63) is 71.9 Å². The van der Waals surface area contributed by atoms with Crippen molar-refractivity contribution in [3.8, 4) is 0 Å². The Bertz CT molecular complexity index is 1190. The third-order valence-corrected chi connectivity index (χ3v) is 5.61. The monoisotopic (exact) mass is 456 g/mol. The van der Waals surface area contributed by atoms with Gasteiger partial charge in [0.15, 0.2) is 9.84 Å². The fraction of sp³-hybridized carbons (Fsp3) is 0.227. The van der Waals surface area contributed by atoms with Crippen LogP contribution in [0, 0.1) is 0 Å². The highest BCUT2D eigenvalue weighted by Gasteiger charge is 2.20. The summed E-state index contributed by atoms with van der Waals surface area (Å²) < 4.78 is 28.7. The molecular formula is C22H24N4O5S. The number of nitrogens with zero attached hydrogens (tertiary/aromatic N) is 2. The number of aliphatic hydroxyl groups excluding tert-OH is 1. The molecular weight excluding hydrogens is 432 g/mol. The number of rotatable bonds is 9. The third-order valence-electron chi connectivity index (χ3n) is 4.50. The summed E-state index contributed by atoms with van der Waals surface area (Å²) in [6.07, 6.45) is 2.44. The van der Waals surface area contributed by atoms with Crippen LogP contribution in [0.4, 0.5) is 17.5 Å². The molecule has 0 bridgehead atoms. The molecule has 0 saturated heterocycles. The molecule has 0 aliphatic carbocycles. The van der Waals surface area contributed by atoms with Gasteiger partial charge in [-0.15, -0.1) is 0 Å². The molecule has 1 aromatic heterocycles. The maximum absolute atomic E-state index is 12.4. The van der Waals surface area contributed by atoms with Gasteiger partial charge in [-0.3, -0.25) is 0 Å². The molecule has 32 heavy (non-hydrogen) atoms. The van der Waals surface area contributed by atoms with Crippen molar-refractivity contribution in [1.29, 1.82) is 0 Å². The lowest BCUT2D eigenvalue weighted by Crippen LogP contribution is -2.19. The minimum atomic E-state index is -3.38. The Balaban J connectivity index is 1.95. The van der Waals surface area contributed by atoms with Gasteiger partial charge >= 0.3 is 5.97 Å². The van der Waals surface area contributed by atoms with E-state index in [1.807, 2.05) is 30.3 Å². The van der Waals surface area contributed by atoms with E-state index >= 15 is 0 Å². The topological polar surface area (TPSA) is 131 Å². The Morgan fingerprint density at radius 2 is 1.91 bits per heavy atom. The first-order chi connectivity index (χ1) is 15.3. The number of carbonyl (C=O) groups excluding carboxylic acids is 1. The quantitative estimate of drug-likeness (QED) is 0.416. The molecule has 0 spiro atoms. The van der Waals surface area contributed by atoms with E-state index in [9.17, 15) is 18.3 Å². The smallest absolute Gasteiger partial charge is 0.343 e. The zero-order valence-corrected chi connectivity index (χ0v) is 18.5. The molecule has 2 aromatic carbocycles. The largest absolute Gasteiger partial charge is 0.462 e. The zero-order valence-electron chi connectivity index (χ0n) is 17.6. The molecule has 0 saturated carbocycles. The van der Waals surface area contributed by atoms with Crippen LogP contribution in [0.3, 0.4) is 0 Å². The van der Waals surface area contributed by atoms with Gasteiger partial charge in [-0.05, 0) is 30.7 Å². The summed E-state index contributed by atoms with van der Waals surface area (Å²) in [5, 5.41) is 15.9. The lowest BCUT2D eigenvalue weighted by atomic mass is 10.1. The second-order valence-corrected chi connectivity index (χ2v) is 8.91. The number of aliphatic hydroxyl groups is 1. The van der Waals surface area contributed by atoms with Crippen molar-refractivity contribution in [1.82, 2.24) is 9.97 Å². The Kier molecular flexibility index (Phi) is 7.39. The fourth-order valence-corrected chi connectivity index (χ4v) is 3.60. The van der Waals surface area contributed by atoms with Crippen LogP contribution in [-0.4, -0.2) is 48.9 Å². The average molecular weight is 457 g/mol. The molecule has 3 rings (SSSR count). The highest BCUT2D eigenvalue weighted by Crippen LogP contribution is 2.24. The zero-order chi connectivity index (χ0) is 23.1. The van der Waals surface area contributed by atoms with E-state index < -0.39 is 21.8 Å². The van der Waals surface area contributed by atoms with Crippen molar-refractivity contribution < 1.29 is 23.1 Å². The van der Waals surface area contributed by atoms with Crippen molar-refractivity contribution in [2.45, 2.75) is 17.9 Å². The number of benzene rings is 2. The maximum Gasteiger partial charge on any atom is 0.343 e. The third kappa shape index (κ3) is 5.80. The van der Waals surface area contributed by atoms with E-state index in [1.54, 1.807) is 19.1 Å². The van der Waals surface area contributed by atoms with Crippen molar-refractivity contribution in [3.63, 3.8) is 0 Å². The first-order valence-corrected chi connectivity index (χ1v) is 11.7. The molecule has 1 heterocycles. The van der Waals surface area contributed by atoms with E-state index in [-0.39, 0.29) is 35.4 Å². The molecule has 0 unspecified atom stereocenters. The van der Waals surface area contributed by atoms with Crippen molar-refractivity contribution in [2.24, 2.45) is 0 Å². The maximum atomic E-state index is 12.4. The number of aromatic nitrogens is 2. The minimum absolute atomic E-state index is 0.108. The molecule has 3 N–H and O–H groups in total. The average Bonchev–Trinajstić information content (AvgIpc) is 2.78. The number of esters is 1. The van der Waals surface area contributed by atoms with Crippen LogP contribution < -0.4 is 10.6 Å². The number of hydrogen-bond acceptors (Lipinski definition) is 9. The van der Waals surface area contributed by atoms with Gasteiger partial charge in [-0.2, -0.15) is 4.98 Å². The summed E-state index contributed by atoms with van der Waals surface area (Å²) in [5.74, 6) is -0.301. The molecule has 10 heteroatoms. The van der Waals surface area contributed by atoms with E-state index in [2.05, 4.69) is 20.6 Å². The normalized spacial score (nSPS) is 12.1. The number of ether oxygens (including phenoxy) is 1. The van der Waals surface area contributed by atoms with Gasteiger partial charge in [-0.1, -0.05) is 36.4 Å². The van der Waals surface area contributed by atoms with E-state index in [4.69, 9.17) is 4.74 Å². The predicted octanol–water partition coefficient (Wildman–Crippen LogP) is 2.95. The first kappa shape index (κ1) is 23.2. The second kappa shape index (κ2) is 10.2. The second-order valence-electron chi connectivity index (χ2n) is 6.89. The van der Waals surface area contributed by atoms with Crippen LogP contribution in [0.15, 0.2) is 65.7 Å². The Labute approximate surface area is 186 Å². The summed E-state index contributed by atoms with van der Waals surface area (Å²) in [6, 6.07) is 14.9.